The Morgan fingerprint density at radius 1 is 1.29 bits per heavy atom. The second kappa shape index (κ2) is 7.21. The molecule has 3 rings (SSSR count). The summed E-state index contributed by atoms with van der Waals surface area (Å²) in [5.74, 6) is 1.67. The number of halogens is 2. The molecule has 1 unspecified atom stereocenters. The lowest BCUT2D eigenvalue weighted by molar-refractivity contribution is -0.133. The maximum Gasteiger partial charge on any atom is 0.0316 e. The van der Waals surface area contributed by atoms with Crippen molar-refractivity contribution in [2.24, 2.45) is 11.8 Å². The van der Waals surface area contributed by atoms with Crippen molar-refractivity contribution in [3.8, 4) is 0 Å². The van der Waals surface area contributed by atoms with Gasteiger partial charge in [-0.1, -0.05) is 25.5 Å². The highest BCUT2D eigenvalue weighted by atomic mass is 35.5. The minimum Gasteiger partial charge on any atom is -0.309 e. The van der Waals surface area contributed by atoms with E-state index in [-0.39, 0.29) is 24.8 Å². The van der Waals surface area contributed by atoms with Crippen molar-refractivity contribution in [2.75, 3.05) is 27.2 Å². The normalized spacial score (nSPS) is 36.8. The van der Waals surface area contributed by atoms with Crippen LogP contribution in [0.4, 0.5) is 0 Å². The van der Waals surface area contributed by atoms with Gasteiger partial charge in [0.2, 0.25) is 0 Å². The molecule has 3 aliphatic rings. The zero-order valence-corrected chi connectivity index (χ0v) is 15.6. The van der Waals surface area contributed by atoms with Crippen LogP contribution >= 0.6 is 24.8 Å². The SMILES string of the molecule is CC(C)/C=C1\CCC1N1CCC12CC(CN(C)C)C2.Cl.Cl. The first-order chi connectivity index (χ1) is 9.00. The monoisotopic (exact) mass is 334 g/mol. The Hall–Kier alpha value is 0.240. The largest absolute Gasteiger partial charge is 0.309 e. The summed E-state index contributed by atoms with van der Waals surface area (Å²) in [6, 6.07) is 0.816. The Kier molecular flexibility index (Phi) is 6.62. The molecule has 0 bridgehead atoms. The van der Waals surface area contributed by atoms with Crippen molar-refractivity contribution < 1.29 is 0 Å². The molecular weight excluding hydrogens is 303 g/mol. The number of hydrogen-bond acceptors (Lipinski definition) is 2. The summed E-state index contributed by atoms with van der Waals surface area (Å²) in [5.41, 5.74) is 2.37. The Labute approximate surface area is 143 Å². The van der Waals surface area contributed by atoms with Crippen LogP contribution < -0.4 is 0 Å². The molecule has 0 aromatic heterocycles. The molecule has 3 fully saturated rings. The van der Waals surface area contributed by atoms with Crippen molar-refractivity contribution in [1.29, 1.82) is 0 Å². The quantitative estimate of drug-likeness (QED) is 0.717. The number of rotatable bonds is 4. The zero-order valence-electron chi connectivity index (χ0n) is 14.0. The van der Waals surface area contributed by atoms with Crippen molar-refractivity contribution >= 4 is 24.8 Å². The second-order valence-electron chi connectivity index (χ2n) is 7.74. The molecule has 1 aliphatic heterocycles. The summed E-state index contributed by atoms with van der Waals surface area (Å²) in [7, 11) is 4.41. The standard InChI is InChI=1S/C17H30N2.2ClH/c1-13(2)9-15-5-6-16(15)19-8-7-17(19)10-14(11-17)12-18(3)4;;/h9,13-14,16H,5-8,10-12H2,1-4H3;2*1H/b15-9+;;. The molecule has 1 heterocycles. The summed E-state index contributed by atoms with van der Waals surface area (Å²) >= 11 is 0. The van der Waals surface area contributed by atoms with Crippen LogP contribution in [-0.2, 0) is 0 Å². The van der Waals surface area contributed by atoms with Crippen LogP contribution in [0, 0.1) is 11.8 Å². The third-order valence-electron chi connectivity index (χ3n) is 5.45. The van der Waals surface area contributed by atoms with E-state index in [9.17, 15) is 0 Å². The molecule has 0 aromatic carbocycles. The summed E-state index contributed by atoms with van der Waals surface area (Å²) in [5, 5.41) is 0. The zero-order chi connectivity index (χ0) is 13.6. The third-order valence-corrected chi connectivity index (χ3v) is 5.45. The third kappa shape index (κ3) is 3.60. The summed E-state index contributed by atoms with van der Waals surface area (Å²) in [6.45, 7) is 7.26. The number of likely N-dealkylation sites (tertiary alicyclic amines) is 1. The van der Waals surface area contributed by atoms with E-state index in [4.69, 9.17) is 0 Å². The van der Waals surface area contributed by atoms with Gasteiger partial charge >= 0.3 is 0 Å². The van der Waals surface area contributed by atoms with Crippen LogP contribution in [0.1, 0.15) is 46.0 Å². The van der Waals surface area contributed by atoms with Crippen molar-refractivity contribution in [1.82, 2.24) is 9.80 Å². The number of nitrogens with zero attached hydrogens (tertiary/aromatic N) is 2. The van der Waals surface area contributed by atoms with Crippen LogP contribution in [0.5, 0.6) is 0 Å². The average Bonchev–Trinajstić information content (AvgIpc) is 2.23. The van der Waals surface area contributed by atoms with Crippen molar-refractivity contribution in [3.05, 3.63) is 11.6 Å². The van der Waals surface area contributed by atoms with Gasteiger partial charge in [0.25, 0.3) is 0 Å². The Bertz CT molecular complexity index is 373. The van der Waals surface area contributed by atoms with E-state index in [0.29, 0.717) is 5.54 Å². The smallest absolute Gasteiger partial charge is 0.0316 e. The van der Waals surface area contributed by atoms with E-state index in [2.05, 4.69) is 43.8 Å². The highest BCUT2D eigenvalue weighted by Crippen LogP contribution is 2.54. The maximum atomic E-state index is 2.86. The molecule has 21 heavy (non-hydrogen) atoms. The Morgan fingerprint density at radius 2 is 1.95 bits per heavy atom. The molecule has 0 radical (unpaired) electrons. The molecule has 1 spiro atoms. The average molecular weight is 335 g/mol. The fourth-order valence-electron chi connectivity index (χ4n) is 4.56. The molecular formula is C17H32Cl2N2. The highest BCUT2D eigenvalue weighted by molar-refractivity contribution is 5.85. The predicted octanol–water partition coefficient (Wildman–Crippen LogP) is 3.99. The molecule has 1 atom stereocenters. The van der Waals surface area contributed by atoms with Crippen molar-refractivity contribution in [2.45, 2.75) is 57.5 Å². The summed E-state index contributed by atoms with van der Waals surface area (Å²) < 4.78 is 0. The Morgan fingerprint density at radius 3 is 2.33 bits per heavy atom. The first-order valence-electron chi connectivity index (χ1n) is 8.12. The topological polar surface area (TPSA) is 6.48 Å². The van der Waals surface area contributed by atoms with Gasteiger partial charge in [0.1, 0.15) is 0 Å². The lowest BCUT2D eigenvalue weighted by atomic mass is 9.59. The van der Waals surface area contributed by atoms with Crippen LogP contribution in [0.2, 0.25) is 0 Å². The fraction of sp³-hybridized carbons (Fsp3) is 0.882. The molecule has 124 valence electrons. The van der Waals surface area contributed by atoms with E-state index >= 15 is 0 Å². The second-order valence-corrected chi connectivity index (χ2v) is 7.74. The molecule has 2 nitrogen and oxygen atoms in total. The van der Waals surface area contributed by atoms with Gasteiger partial charge in [-0.2, -0.15) is 0 Å². The minimum absolute atomic E-state index is 0. The lowest BCUT2D eigenvalue weighted by Gasteiger charge is -2.66. The molecule has 4 heteroatoms. The summed E-state index contributed by atoms with van der Waals surface area (Å²) in [6.07, 6.45) is 9.67. The van der Waals surface area contributed by atoms with Gasteiger partial charge in [0.05, 0.1) is 0 Å². The van der Waals surface area contributed by atoms with Crippen molar-refractivity contribution in [3.63, 3.8) is 0 Å². The van der Waals surface area contributed by atoms with Gasteiger partial charge in [0.15, 0.2) is 0 Å². The van der Waals surface area contributed by atoms with Gasteiger partial charge in [-0.3, -0.25) is 4.90 Å². The first-order valence-corrected chi connectivity index (χ1v) is 8.12. The first kappa shape index (κ1) is 19.3. The highest BCUT2D eigenvalue weighted by Gasteiger charge is 2.56. The van der Waals surface area contributed by atoms with E-state index < -0.39 is 0 Å². The fourth-order valence-corrected chi connectivity index (χ4v) is 4.56. The minimum atomic E-state index is 0. The maximum absolute atomic E-state index is 2.86. The van der Waals surface area contributed by atoms with E-state index in [1.807, 2.05) is 0 Å². The molecule has 2 aliphatic carbocycles. The van der Waals surface area contributed by atoms with Gasteiger partial charge < -0.3 is 4.90 Å². The molecule has 0 amide bonds. The van der Waals surface area contributed by atoms with Gasteiger partial charge in [-0.25, -0.2) is 0 Å². The van der Waals surface area contributed by atoms with E-state index in [1.54, 1.807) is 5.57 Å². The lowest BCUT2D eigenvalue weighted by Crippen LogP contribution is -2.71. The van der Waals surface area contributed by atoms with E-state index in [0.717, 1.165) is 17.9 Å². The summed E-state index contributed by atoms with van der Waals surface area (Å²) in [4.78, 5) is 5.21. The number of allylic oxidation sites excluding steroid dienone is 1. The van der Waals surface area contributed by atoms with Crippen LogP contribution in [0.25, 0.3) is 0 Å². The Balaban J connectivity index is 0.00000110. The van der Waals surface area contributed by atoms with Gasteiger partial charge in [-0.05, 0) is 58.0 Å². The molecule has 1 saturated heterocycles. The van der Waals surface area contributed by atoms with Crippen LogP contribution in [0.15, 0.2) is 11.6 Å². The number of hydrogen-bond donors (Lipinski definition) is 0. The van der Waals surface area contributed by atoms with Gasteiger partial charge in [-0.15, -0.1) is 24.8 Å². The van der Waals surface area contributed by atoms with Crippen LogP contribution in [-0.4, -0.2) is 48.6 Å². The molecule has 2 saturated carbocycles. The van der Waals surface area contributed by atoms with Gasteiger partial charge in [0, 0.05) is 24.7 Å². The van der Waals surface area contributed by atoms with E-state index in [1.165, 1.54) is 45.2 Å². The predicted molar refractivity (Wildman–Crippen MR) is 95.8 cm³/mol. The van der Waals surface area contributed by atoms with Crippen LogP contribution in [0.3, 0.4) is 0 Å². The molecule has 0 N–H and O–H groups in total. The molecule has 0 aromatic rings.